The number of ether oxygens (including phenoxy) is 2. The number of benzene rings is 1. The summed E-state index contributed by atoms with van der Waals surface area (Å²) in [5.41, 5.74) is 2.03. The van der Waals surface area contributed by atoms with E-state index in [-0.39, 0.29) is 5.97 Å². The molecule has 0 aliphatic heterocycles. The van der Waals surface area contributed by atoms with Crippen LogP contribution in [-0.2, 0) is 4.79 Å². The van der Waals surface area contributed by atoms with Gasteiger partial charge in [0, 0.05) is 18.8 Å². The van der Waals surface area contributed by atoms with Crippen molar-refractivity contribution in [3.8, 4) is 11.5 Å². The molecular formula is C18H19NO3. The maximum Gasteiger partial charge on any atom is 0.311 e. The highest BCUT2D eigenvalue weighted by Crippen LogP contribution is 2.29. The van der Waals surface area contributed by atoms with Crippen molar-refractivity contribution in [2.24, 2.45) is 0 Å². The lowest BCUT2D eigenvalue weighted by molar-refractivity contribution is -0.134. The van der Waals surface area contributed by atoms with Crippen molar-refractivity contribution in [2.45, 2.75) is 20.3 Å². The van der Waals surface area contributed by atoms with E-state index in [9.17, 15) is 4.79 Å². The van der Waals surface area contributed by atoms with Gasteiger partial charge in [0.15, 0.2) is 11.5 Å². The molecule has 0 unspecified atom stereocenters. The minimum Gasteiger partial charge on any atom is -0.490 e. The van der Waals surface area contributed by atoms with E-state index in [0.29, 0.717) is 24.5 Å². The van der Waals surface area contributed by atoms with Crippen molar-refractivity contribution >= 4 is 18.1 Å². The number of carbonyl (C=O) groups is 1. The molecule has 0 atom stereocenters. The van der Waals surface area contributed by atoms with Gasteiger partial charge in [-0.1, -0.05) is 25.1 Å². The summed E-state index contributed by atoms with van der Waals surface area (Å²) in [4.78, 5) is 15.4. The molecule has 0 radical (unpaired) electrons. The van der Waals surface area contributed by atoms with Gasteiger partial charge in [-0.05, 0) is 42.3 Å². The summed E-state index contributed by atoms with van der Waals surface area (Å²) in [6, 6.07) is 9.36. The number of rotatable bonds is 6. The Kier molecular flexibility index (Phi) is 5.72. The van der Waals surface area contributed by atoms with Crippen molar-refractivity contribution in [3.05, 3.63) is 53.9 Å². The molecule has 2 aromatic rings. The lowest BCUT2D eigenvalue weighted by atomic mass is 10.1. The van der Waals surface area contributed by atoms with E-state index < -0.39 is 0 Å². The van der Waals surface area contributed by atoms with E-state index >= 15 is 0 Å². The van der Waals surface area contributed by atoms with Gasteiger partial charge in [0.2, 0.25) is 0 Å². The summed E-state index contributed by atoms with van der Waals surface area (Å²) in [5, 5.41) is 0. The van der Waals surface area contributed by atoms with Gasteiger partial charge >= 0.3 is 5.97 Å². The average Bonchev–Trinajstić information content (AvgIpc) is 2.56. The number of hydrogen-bond donors (Lipinski definition) is 0. The second kappa shape index (κ2) is 7.98. The molecule has 0 bridgehead atoms. The molecule has 0 aliphatic rings. The first kappa shape index (κ1) is 15.8. The molecule has 2 rings (SSSR count). The van der Waals surface area contributed by atoms with Gasteiger partial charge < -0.3 is 9.47 Å². The van der Waals surface area contributed by atoms with Crippen LogP contribution < -0.4 is 9.47 Å². The van der Waals surface area contributed by atoms with Crippen LogP contribution in [0, 0.1) is 0 Å². The Morgan fingerprint density at radius 2 is 1.77 bits per heavy atom. The van der Waals surface area contributed by atoms with Crippen LogP contribution in [0.1, 0.15) is 31.4 Å². The molecule has 1 heterocycles. The molecule has 0 N–H and O–H groups in total. The lowest BCUT2D eigenvalue weighted by Crippen LogP contribution is -2.07. The van der Waals surface area contributed by atoms with Crippen LogP contribution in [0.3, 0.4) is 0 Å². The molecule has 114 valence electrons. The highest BCUT2D eigenvalue weighted by molar-refractivity contribution is 5.74. The van der Waals surface area contributed by atoms with E-state index in [4.69, 9.17) is 9.47 Å². The van der Waals surface area contributed by atoms with Gasteiger partial charge in [-0.15, -0.1) is 0 Å². The first-order valence-corrected chi connectivity index (χ1v) is 7.28. The van der Waals surface area contributed by atoms with Gasteiger partial charge in [0.25, 0.3) is 0 Å². The van der Waals surface area contributed by atoms with E-state index in [1.807, 2.05) is 43.3 Å². The molecule has 1 aromatic carbocycles. The minimum absolute atomic E-state index is 0.277. The third-order valence-corrected chi connectivity index (χ3v) is 2.95. The van der Waals surface area contributed by atoms with Crippen LogP contribution in [0.15, 0.2) is 42.7 Å². The Labute approximate surface area is 130 Å². The Morgan fingerprint density at radius 3 is 2.45 bits per heavy atom. The predicted octanol–water partition coefficient (Wildman–Crippen LogP) is 3.97. The largest absolute Gasteiger partial charge is 0.490 e. The SMILES string of the molecule is CCOc1cc(/C=C/c2ccncc2)ccc1OC(=O)CC. The summed E-state index contributed by atoms with van der Waals surface area (Å²) < 4.78 is 10.8. The topological polar surface area (TPSA) is 48.4 Å². The first-order valence-electron chi connectivity index (χ1n) is 7.28. The number of aromatic nitrogens is 1. The van der Waals surface area contributed by atoms with Crippen molar-refractivity contribution in [1.82, 2.24) is 4.98 Å². The van der Waals surface area contributed by atoms with Gasteiger partial charge in [-0.25, -0.2) is 0 Å². The van der Waals surface area contributed by atoms with Crippen LogP contribution in [0.4, 0.5) is 0 Å². The minimum atomic E-state index is -0.277. The second-order valence-electron chi connectivity index (χ2n) is 4.58. The van der Waals surface area contributed by atoms with Crippen LogP contribution in [0.2, 0.25) is 0 Å². The zero-order valence-corrected chi connectivity index (χ0v) is 12.8. The van der Waals surface area contributed by atoms with Crippen LogP contribution in [-0.4, -0.2) is 17.6 Å². The van der Waals surface area contributed by atoms with Crippen molar-refractivity contribution in [2.75, 3.05) is 6.61 Å². The zero-order chi connectivity index (χ0) is 15.8. The summed E-state index contributed by atoms with van der Waals surface area (Å²) >= 11 is 0. The highest BCUT2D eigenvalue weighted by Gasteiger charge is 2.09. The number of esters is 1. The summed E-state index contributed by atoms with van der Waals surface area (Å²) in [7, 11) is 0. The van der Waals surface area contributed by atoms with Gasteiger partial charge in [-0.3, -0.25) is 9.78 Å². The quantitative estimate of drug-likeness (QED) is 0.598. The highest BCUT2D eigenvalue weighted by atomic mass is 16.6. The molecule has 0 aliphatic carbocycles. The van der Waals surface area contributed by atoms with Gasteiger partial charge in [-0.2, -0.15) is 0 Å². The molecule has 0 fully saturated rings. The third-order valence-electron chi connectivity index (χ3n) is 2.95. The van der Waals surface area contributed by atoms with Crippen molar-refractivity contribution in [1.29, 1.82) is 0 Å². The monoisotopic (exact) mass is 297 g/mol. The molecule has 0 saturated carbocycles. The first-order chi connectivity index (χ1) is 10.7. The lowest BCUT2D eigenvalue weighted by Gasteiger charge is -2.10. The Hall–Kier alpha value is -2.62. The van der Waals surface area contributed by atoms with E-state index in [1.54, 1.807) is 25.4 Å². The fraction of sp³-hybridized carbons (Fsp3) is 0.222. The Bertz CT molecular complexity index is 651. The molecule has 22 heavy (non-hydrogen) atoms. The van der Waals surface area contributed by atoms with E-state index in [0.717, 1.165) is 11.1 Å². The summed E-state index contributed by atoms with van der Waals surface area (Å²) in [6.07, 6.45) is 7.79. The zero-order valence-electron chi connectivity index (χ0n) is 12.8. The normalized spacial score (nSPS) is 10.6. The fourth-order valence-corrected chi connectivity index (χ4v) is 1.84. The van der Waals surface area contributed by atoms with Crippen LogP contribution in [0.5, 0.6) is 11.5 Å². The Balaban J connectivity index is 2.21. The number of pyridine rings is 1. The molecular weight excluding hydrogens is 278 g/mol. The molecule has 0 amide bonds. The molecule has 0 spiro atoms. The summed E-state index contributed by atoms with van der Waals surface area (Å²) in [6.45, 7) is 4.16. The molecule has 4 heteroatoms. The van der Waals surface area contributed by atoms with Crippen LogP contribution in [0.25, 0.3) is 12.2 Å². The third kappa shape index (κ3) is 4.45. The van der Waals surface area contributed by atoms with Crippen LogP contribution >= 0.6 is 0 Å². The Morgan fingerprint density at radius 1 is 1.05 bits per heavy atom. The van der Waals surface area contributed by atoms with Gasteiger partial charge in [0.1, 0.15) is 0 Å². The maximum atomic E-state index is 11.4. The second-order valence-corrected chi connectivity index (χ2v) is 4.58. The predicted molar refractivity (Wildman–Crippen MR) is 86.7 cm³/mol. The average molecular weight is 297 g/mol. The molecule has 1 aromatic heterocycles. The molecule has 0 saturated heterocycles. The fourth-order valence-electron chi connectivity index (χ4n) is 1.84. The van der Waals surface area contributed by atoms with E-state index in [2.05, 4.69) is 4.98 Å². The number of nitrogens with zero attached hydrogens (tertiary/aromatic N) is 1. The van der Waals surface area contributed by atoms with E-state index in [1.165, 1.54) is 0 Å². The van der Waals surface area contributed by atoms with Crippen molar-refractivity contribution < 1.29 is 14.3 Å². The summed E-state index contributed by atoms with van der Waals surface area (Å²) in [5.74, 6) is 0.747. The smallest absolute Gasteiger partial charge is 0.311 e. The number of carbonyl (C=O) groups excluding carboxylic acids is 1. The number of hydrogen-bond acceptors (Lipinski definition) is 4. The van der Waals surface area contributed by atoms with Gasteiger partial charge in [0.05, 0.1) is 6.61 Å². The van der Waals surface area contributed by atoms with Crippen molar-refractivity contribution in [3.63, 3.8) is 0 Å². The maximum absolute atomic E-state index is 11.4. The standard InChI is InChI=1S/C18H19NO3/c1-3-18(20)22-16-8-7-15(13-17(16)21-4-2)6-5-14-9-11-19-12-10-14/h5-13H,3-4H2,1-2H3/b6-5+. The molecule has 4 nitrogen and oxygen atoms in total.